The smallest absolute Gasteiger partial charge is 0.283 e. The van der Waals surface area contributed by atoms with E-state index in [9.17, 15) is 9.59 Å². The van der Waals surface area contributed by atoms with Crippen LogP contribution in [0.15, 0.2) is 89.6 Å². The Kier molecular flexibility index (Phi) is 5.25. The highest BCUT2D eigenvalue weighted by molar-refractivity contribution is 6.53. The molecule has 1 aliphatic heterocycles. The maximum Gasteiger partial charge on any atom is 0.283 e. The fraction of sp³-hybridized carbons (Fsp3) is 0. The number of anilines is 2. The van der Waals surface area contributed by atoms with Crippen molar-refractivity contribution in [3.63, 3.8) is 0 Å². The van der Waals surface area contributed by atoms with Crippen LogP contribution in [0.4, 0.5) is 11.4 Å². The second kappa shape index (κ2) is 7.99. The van der Waals surface area contributed by atoms with Crippen molar-refractivity contribution in [2.24, 2.45) is 0 Å². The summed E-state index contributed by atoms with van der Waals surface area (Å²) in [5, 5.41) is 3.26. The van der Waals surface area contributed by atoms with Crippen molar-refractivity contribution in [1.82, 2.24) is 0 Å². The van der Waals surface area contributed by atoms with Gasteiger partial charge in [-0.3, -0.25) is 9.59 Å². The molecule has 1 heterocycles. The lowest BCUT2D eigenvalue weighted by Crippen LogP contribution is -2.32. The van der Waals surface area contributed by atoms with Gasteiger partial charge in [-0.15, -0.1) is 0 Å². The number of hydrogen-bond donors (Lipinski definition) is 1. The topological polar surface area (TPSA) is 58.6 Å². The zero-order chi connectivity index (χ0) is 20.4. The number of nitrogens with one attached hydrogen (secondary N) is 1. The molecule has 0 aromatic heterocycles. The minimum Gasteiger partial charge on any atom is -0.457 e. The maximum absolute atomic E-state index is 12.8. The van der Waals surface area contributed by atoms with Gasteiger partial charge in [0.15, 0.2) is 0 Å². The van der Waals surface area contributed by atoms with Crippen molar-refractivity contribution in [1.29, 1.82) is 0 Å². The Bertz CT molecular complexity index is 1100. The molecule has 0 atom stereocenters. The number of imide groups is 1. The van der Waals surface area contributed by atoms with Crippen LogP contribution in [0, 0.1) is 0 Å². The van der Waals surface area contributed by atoms with Crippen LogP contribution in [0.2, 0.25) is 5.02 Å². The fourth-order valence-electron chi connectivity index (χ4n) is 2.81. The normalized spacial score (nSPS) is 13.8. The van der Waals surface area contributed by atoms with Crippen LogP contribution in [0.5, 0.6) is 11.5 Å². The molecule has 29 heavy (non-hydrogen) atoms. The van der Waals surface area contributed by atoms with Crippen molar-refractivity contribution >= 4 is 46.4 Å². The zero-order valence-electron chi connectivity index (χ0n) is 14.9. The molecule has 4 rings (SSSR count). The van der Waals surface area contributed by atoms with Gasteiger partial charge in [0, 0.05) is 10.7 Å². The van der Waals surface area contributed by atoms with Crippen LogP contribution in [0.1, 0.15) is 0 Å². The van der Waals surface area contributed by atoms with Crippen LogP contribution in [0.3, 0.4) is 0 Å². The molecule has 3 aromatic carbocycles. The van der Waals surface area contributed by atoms with Gasteiger partial charge in [0.25, 0.3) is 11.8 Å². The number of benzene rings is 3. The van der Waals surface area contributed by atoms with Gasteiger partial charge in [0.1, 0.15) is 22.2 Å². The Hall–Kier alpha value is -3.28. The number of rotatable bonds is 5. The van der Waals surface area contributed by atoms with E-state index in [1.54, 1.807) is 48.5 Å². The van der Waals surface area contributed by atoms with Gasteiger partial charge >= 0.3 is 0 Å². The Balaban J connectivity index is 1.50. The second-order valence-electron chi connectivity index (χ2n) is 6.18. The van der Waals surface area contributed by atoms with E-state index in [0.29, 0.717) is 27.9 Å². The van der Waals surface area contributed by atoms with Crippen LogP contribution >= 0.6 is 23.2 Å². The van der Waals surface area contributed by atoms with Gasteiger partial charge < -0.3 is 10.1 Å². The first-order valence-electron chi connectivity index (χ1n) is 8.67. The molecular weight excluding hydrogens is 411 g/mol. The summed E-state index contributed by atoms with van der Waals surface area (Å²) >= 11 is 12.0. The van der Waals surface area contributed by atoms with E-state index < -0.39 is 11.8 Å². The Morgan fingerprint density at radius 1 is 0.724 bits per heavy atom. The summed E-state index contributed by atoms with van der Waals surface area (Å²) in [6, 6.07) is 22.7. The van der Waals surface area contributed by atoms with Gasteiger partial charge in [-0.05, 0) is 60.7 Å². The number of para-hydroxylation sites is 1. The molecule has 0 saturated carbocycles. The van der Waals surface area contributed by atoms with E-state index in [2.05, 4.69) is 5.32 Å². The third-order valence-electron chi connectivity index (χ3n) is 4.21. The average Bonchev–Trinajstić information content (AvgIpc) is 2.94. The summed E-state index contributed by atoms with van der Waals surface area (Å²) in [7, 11) is 0. The number of hydrogen-bond acceptors (Lipinski definition) is 4. The number of amides is 2. The summed E-state index contributed by atoms with van der Waals surface area (Å²) in [4.78, 5) is 26.3. The van der Waals surface area contributed by atoms with Crippen LogP contribution < -0.4 is 15.0 Å². The summed E-state index contributed by atoms with van der Waals surface area (Å²) in [5.41, 5.74) is 1.01. The van der Waals surface area contributed by atoms with Crippen LogP contribution in [-0.4, -0.2) is 11.8 Å². The number of carbonyl (C=O) groups is 2. The molecule has 0 bridgehead atoms. The monoisotopic (exact) mass is 424 g/mol. The number of nitrogens with zero attached hydrogens (tertiary/aromatic N) is 1. The van der Waals surface area contributed by atoms with Gasteiger partial charge in [0.2, 0.25) is 0 Å². The van der Waals surface area contributed by atoms with Crippen LogP contribution in [-0.2, 0) is 9.59 Å². The first-order valence-corrected chi connectivity index (χ1v) is 9.42. The molecule has 0 aliphatic carbocycles. The van der Waals surface area contributed by atoms with E-state index in [1.807, 2.05) is 30.3 Å². The molecule has 0 radical (unpaired) electrons. The van der Waals surface area contributed by atoms with Gasteiger partial charge in [-0.25, -0.2) is 4.90 Å². The molecule has 0 spiro atoms. The average molecular weight is 425 g/mol. The predicted molar refractivity (Wildman–Crippen MR) is 113 cm³/mol. The number of halogens is 2. The third-order valence-corrected chi connectivity index (χ3v) is 4.82. The van der Waals surface area contributed by atoms with Gasteiger partial charge in [0.05, 0.1) is 5.69 Å². The molecule has 3 aromatic rings. The highest BCUT2D eigenvalue weighted by Gasteiger charge is 2.38. The Morgan fingerprint density at radius 2 is 1.34 bits per heavy atom. The fourth-order valence-corrected chi connectivity index (χ4v) is 3.15. The largest absolute Gasteiger partial charge is 0.457 e. The van der Waals surface area contributed by atoms with Crippen molar-refractivity contribution in [3.05, 3.63) is 94.6 Å². The first-order chi connectivity index (χ1) is 14.0. The Morgan fingerprint density at radius 3 is 2.00 bits per heavy atom. The Labute approximate surface area is 177 Å². The van der Waals surface area contributed by atoms with E-state index in [0.717, 1.165) is 4.90 Å². The lowest BCUT2D eigenvalue weighted by Gasteiger charge is -2.15. The zero-order valence-corrected chi connectivity index (χ0v) is 16.4. The number of ether oxygens (including phenoxy) is 1. The summed E-state index contributed by atoms with van der Waals surface area (Å²) in [6.45, 7) is 0. The highest BCUT2D eigenvalue weighted by Crippen LogP contribution is 2.31. The van der Waals surface area contributed by atoms with Crippen molar-refractivity contribution in [3.8, 4) is 11.5 Å². The summed E-state index contributed by atoms with van der Waals surface area (Å²) < 4.78 is 5.74. The van der Waals surface area contributed by atoms with Gasteiger partial charge in [-0.1, -0.05) is 41.4 Å². The second-order valence-corrected chi connectivity index (χ2v) is 6.99. The standard InChI is InChI=1S/C22H14Cl2N2O3/c23-14-6-10-16(11-7-14)26-21(27)19(24)20(22(26)28)25-15-8-12-18(13-9-15)29-17-4-2-1-3-5-17/h1-13,25H. The SMILES string of the molecule is O=C1C(Cl)=C(Nc2ccc(Oc3ccccc3)cc2)C(=O)N1c1ccc(Cl)cc1. The van der Waals surface area contributed by atoms with Crippen molar-refractivity contribution in [2.75, 3.05) is 10.2 Å². The summed E-state index contributed by atoms with van der Waals surface area (Å²) in [6.07, 6.45) is 0. The predicted octanol–water partition coefficient (Wildman–Crippen LogP) is 5.57. The van der Waals surface area contributed by atoms with Crippen LogP contribution in [0.25, 0.3) is 0 Å². The van der Waals surface area contributed by atoms with E-state index in [4.69, 9.17) is 27.9 Å². The maximum atomic E-state index is 12.8. The lowest BCUT2D eigenvalue weighted by molar-refractivity contribution is -0.120. The molecule has 1 N–H and O–H groups in total. The molecular formula is C22H14Cl2N2O3. The third kappa shape index (κ3) is 3.97. The van der Waals surface area contributed by atoms with E-state index in [1.165, 1.54) is 0 Å². The van der Waals surface area contributed by atoms with E-state index in [-0.39, 0.29) is 10.7 Å². The highest BCUT2D eigenvalue weighted by atomic mass is 35.5. The molecule has 0 saturated heterocycles. The van der Waals surface area contributed by atoms with Crippen molar-refractivity contribution < 1.29 is 14.3 Å². The minimum atomic E-state index is -0.592. The lowest BCUT2D eigenvalue weighted by atomic mass is 10.2. The molecule has 2 amide bonds. The molecule has 5 nitrogen and oxygen atoms in total. The van der Waals surface area contributed by atoms with Gasteiger partial charge in [-0.2, -0.15) is 0 Å². The minimum absolute atomic E-state index is 0.0170. The molecule has 144 valence electrons. The molecule has 0 unspecified atom stereocenters. The van der Waals surface area contributed by atoms with Crippen molar-refractivity contribution in [2.45, 2.75) is 0 Å². The molecule has 1 aliphatic rings. The summed E-state index contributed by atoms with van der Waals surface area (Å²) in [5.74, 6) is 0.227. The number of carbonyl (C=O) groups excluding carboxylic acids is 2. The first kappa shape index (κ1) is 19.1. The quantitative estimate of drug-likeness (QED) is 0.544. The molecule has 7 heteroatoms. The van der Waals surface area contributed by atoms with E-state index >= 15 is 0 Å². The molecule has 0 fully saturated rings.